The highest BCUT2D eigenvalue weighted by atomic mass is 16.1. The van der Waals surface area contributed by atoms with Gasteiger partial charge in [0, 0.05) is 12.5 Å². The van der Waals surface area contributed by atoms with Gasteiger partial charge in [0.25, 0.3) is 0 Å². The molecule has 4 nitrogen and oxygen atoms in total. The minimum atomic E-state index is 0.181. The molecule has 0 radical (unpaired) electrons. The molecule has 19 heavy (non-hydrogen) atoms. The van der Waals surface area contributed by atoms with Crippen LogP contribution in [0.2, 0.25) is 0 Å². The molecule has 1 saturated heterocycles. The third-order valence-electron chi connectivity index (χ3n) is 5.02. The summed E-state index contributed by atoms with van der Waals surface area (Å²) < 4.78 is 0. The Hall–Kier alpha value is -0.610. The van der Waals surface area contributed by atoms with E-state index in [1.54, 1.807) is 0 Å². The van der Waals surface area contributed by atoms with Gasteiger partial charge in [0.05, 0.1) is 0 Å². The molecule has 2 fully saturated rings. The lowest BCUT2D eigenvalue weighted by Gasteiger charge is -2.31. The molecule has 1 aliphatic carbocycles. The summed E-state index contributed by atoms with van der Waals surface area (Å²) in [4.78, 5) is 14.7. The van der Waals surface area contributed by atoms with Crippen LogP contribution in [0.3, 0.4) is 0 Å². The lowest BCUT2D eigenvalue weighted by molar-refractivity contribution is -0.126. The Labute approximate surface area is 117 Å². The fraction of sp³-hybridized carbons (Fsp3) is 0.933. The van der Waals surface area contributed by atoms with Gasteiger partial charge < -0.3 is 16.0 Å². The second-order valence-corrected chi connectivity index (χ2v) is 6.16. The van der Waals surface area contributed by atoms with Gasteiger partial charge in [-0.2, -0.15) is 0 Å². The Balaban J connectivity index is 1.69. The van der Waals surface area contributed by atoms with Crippen LogP contribution < -0.4 is 11.1 Å². The molecule has 0 aromatic heterocycles. The molecule has 4 heteroatoms. The number of hydrogen-bond acceptors (Lipinski definition) is 3. The number of hydrogen-bond donors (Lipinski definition) is 2. The van der Waals surface area contributed by atoms with Crippen molar-refractivity contribution < 1.29 is 4.79 Å². The smallest absolute Gasteiger partial charge is 0.223 e. The molecule has 2 aliphatic rings. The highest BCUT2D eigenvalue weighted by Gasteiger charge is 2.32. The van der Waals surface area contributed by atoms with Crippen molar-refractivity contribution in [2.24, 2.45) is 23.5 Å². The molecule has 1 saturated carbocycles. The van der Waals surface area contributed by atoms with Crippen molar-refractivity contribution in [2.75, 3.05) is 32.7 Å². The number of likely N-dealkylation sites (tertiary alicyclic amines) is 1. The third kappa shape index (κ3) is 3.93. The largest absolute Gasteiger partial charge is 0.356 e. The molecule has 0 spiro atoms. The number of rotatable bonds is 5. The van der Waals surface area contributed by atoms with Gasteiger partial charge in [-0.3, -0.25) is 4.79 Å². The molecular formula is C15H29N3O. The Kier molecular flexibility index (Phi) is 5.64. The molecule has 1 aliphatic heterocycles. The lowest BCUT2D eigenvalue weighted by atomic mass is 9.93. The molecule has 2 atom stereocenters. The molecule has 3 N–H and O–H groups in total. The Morgan fingerprint density at radius 1 is 1.26 bits per heavy atom. The predicted molar refractivity (Wildman–Crippen MR) is 77.7 cm³/mol. The zero-order valence-electron chi connectivity index (χ0n) is 12.2. The average molecular weight is 267 g/mol. The summed E-state index contributed by atoms with van der Waals surface area (Å²) >= 11 is 0. The maximum Gasteiger partial charge on any atom is 0.223 e. The van der Waals surface area contributed by atoms with Crippen molar-refractivity contribution in [1.82, 2.24) is 10.2 Å². The Bertz CT molecular complexity index is 287. The fourth-order valence-corrected chi connectivity index (χ4v) is 3.55. The first-order valence-corrected chi connectivity index (χ1v) is 7.94. The van der Waals surface area contributed by atoms with Crippen LogP contribution in [0.15, 0.2) is 0 Å². The summed E-state index contributed by atoms with van der Waals surface area (Å²) in [5.41, 5.74) is 5.75. The maximum atomic E-state index is 12.2. The second-order valence-electron chi connectivity index (χ2n) is 6.16. The minimum absolute atomic E-state index is 0.181. The quantitative estimate of drug-likeness (QED) is 0.787. The number of nitrogens with one attached hydrogen (secondary N) is 1. The average Bonchev–Trinajstić information content (AvgIpc) is 2.93. The van der Waals surface area contributed by atoms with Gasteiger partial charge in [0.2, 0.25) is 5.91 Å². The monoisotopic (exact) mass is 267 g/mol. The summed E-state index contributed by atoms with van der Waals surface area (Å²) in [5, 5.41) is 3.18. The second kappa shape index (κ2) is 7.25. The Morgan fingerprint density at radius 3 is 2.63 bits per heavy atom. The number of amides is 1. The van der Waals surface area contributed by atoms with E-state index in [0.717, 1.165) is 32.4 Å². The molecular weight excluding hydrogens is 238 g/mol. The van der Waals surface area contributed by atoms with Gasteiger partial charge >= 0.3 is 0 Å². The molecule has 0 bridgehead atoms. The number of carbonyl (C=O) groups is 1. The molecule has 1 amide bonds. The first kappa shape index (κ1) is 14.8. The van der Waals surface area contributed by atoms with Crippen molar-refractivity contribution >= 4 is 5.91 Å². The van der Waals surface area contributed by atoms with Gasteiger partial charge in [-0.05, 0) is 63.7 Å². The van der Waals surface area contributed by atoms with E-state index in [-0.39, 0.29) is 11.8 Å². The number of piperidine rings is 1. The van der Waals surface area contributed by atoms with Crippen LogP contribution in [0, 0.1) is 17.8 Å². The standard InChI is InChI=1S/C15H29N3O/c1-2-18-8-6-12(7-9-18)11-17-15(19)14-5-3-4-13(14)10-16/h12-14H,2-11,16H2,1H3,(H,17,19). The summed E-state index contributed by atoms with van der Waals surface area (Å²) in [6.45, 7) is 7.27. The van der Waals surface area contributed by atoms with Crippen molar-refractivity contribution in [3.05, 3.63) is 0 Å². The first-order valence-electron chi connectivity index (χ1n) is 7.94. The summed E-state index contributed by atoms with van der Waals surface area (Å²) in [7, 11) is 0. The van der Waals surface area contributed by atoms with E-state index in [0.29, 0.717) is 18.4 Å². The molecule has 2 unspecified atom stereocenters. The molecule has 110 valence electrons. The van der Waals surface area contributed by atoms with E-state index < -0.39 is 0 Å². The van der Waals surface area contributed by atoms with Crippen molar-refractivity contribution in [3.63, 3.8) is 0 Å². The van der Waals surface area contributed by atoms with Crippen LogP contribution in [-0.2, 0) is 4.79 Å². The van der Waals surface area contributed by atoms with E-state index in [4.69, 9.17) is 5.73 Å². The van der Waals surface area contributed by atoms with Gasteiger partial charge in [-0.1, -0.05) is 13.3 Å². The topological polar surface area (TPSA) is 58.4 Å². The molecule has 1 heterocycles. The third-order valence-corrected chi connectivity index (χ3v) is 5.02. The Morgan fingerprint density at radius 2 is 2.00 bits per heavy atom. The van der Waals surface area contributed by atoms with E-state index >= 15 is 0 Å². The van der Waals surface area contributed by atoms with Gasteiger partial charge in [-0.25, -0.2) is 0 Å². The van der Waals surface area contributed by atoms with E-state index in [1.165, 1.54) is 25.9 Å². The summed E-state index contributed by atoms with van der Waals surface area (Å²) in [5.74, 6) is 1.53. The van der Waals surface area contributed by atoms with Crippen molar-refractivity contribution in [1.29, 1.82) is 0 Å². The zero-order valence-corrected chi connectivity index (χ0v) is 12.2. The lowest BCUT2D eigenvalue weighted by Crippen LogP contribution is -2.41. The minimum Gasteiger partial charge on any atom is -0.356 e. The zero-order chi connectivity index (χ0) is 13.7. The first-order chi connectivity index (χ1) is 9.24. The van der Waals surface area contributed by atoms with Gasteiger partial charge in [0.1, 0.15) is 0 Å². The maximum absolute atomic E-state index is 12.2. The number of nitrogens with zero attached hydrogens (tertiary/aromatic N) is 1. The molecule has 0 aromatic carbocycles. The van der Waals surface area contributed by atoms with Crippen molar-refractivity contribution in [3.8, 4) is 0 Å². The van der Waals surface area contributed by atoms with Crippen LogP contribution in [0.5, 0.6) is 0 Å². The summed E-state index contributed by atoms with van der Waals surface area (Å²) in [6.07, 6.45) is 5.76. The SMILES string of the molecule is CCN1CCC(CNC(=O)C2CCCC2CN)CC1. The van der Waals surface area contributed by atoms with E-state index in [1.807, 2.05) is 0 Å². The van der Waals surface area contributed by atoms with E-state index in [9.17, 15) is 4.79 Å². The van der Waals surface area contributed by atoms with Gasteiger partial charge in [-0.15, -0.1) is 0 Å². The van der Waals surface area contributed by atoms with E-state index in [2.05, 4.69) is 17.1 Å². The fourth-order valence-electron chi connectivity index (χ4n) is 3.55. The van der Waals surface area contributed by atoms with Crippen LogP contribution in [0.1, 0.15) is 39.0 Å². The highest BCUT2D eigenvalue weighted by molar-refractivity contribution is 5.79. The summed E-state index contributed by atoms with van der Waals surface area (Å²) in [6, 6.07) is 0. The number of nitrogens with two attached hydrogens (primary N) is 1. The number of carbonyl (C=O) groups excluding carboxylic acids is 1. The van der Waals surface area contributed by atoms with Gasteiger partial charge in [0.15, 0.2) is 0 Å². The van der Waals surface area contributed by atoms with Crippen LogP contribution in [-0.4, -0.2) is 43.5 Å². The molecule has 0 aromatic rings. The molecule has 2 rings (SSSR count). The van der Waals surface area contributed by atoms with Crippen LogP contribution in [0.25, 0.3) is 0 Å². The highest BCUT2D eigenvalue weighted by Crippen LogP contribution is 2.31. The van der Waals surface area contributed by atoms with Crippen LogP contribution in [0.4, 0.5) is 0 Å². The normalized spacial score (nSPS) is 29.6. The van der Waals surface area contributed by atoms with Crippen LogP contribution >= 0.6 is 0 Å². The van der Waals surface area contributed by atoms with Crippen molar-refractivity contribution in [2.45, 2.75) is 39.0 Å². The predicted octanol–water partition coefficient (Wildman–Crippen LogP) is 1.21.